The van der Waals surface area contributed by atoms with Gasteiger partial charge in [-0.15, -0.1) is 0 Å². The molecular formula is C20H33NOS2. The molecule has 0 saturated carbocycles. The van der Waals surface area contributed by atoms with Gasteiger partial charge in [0.15, 0.2) is 0 Å². The van der Waals surface area contributed by atoms with Gasteiger partial charge in [0.1, 0.15) is 10.1 Å². The third kappa shape index (κ3) is 5.38. The zero-order valence-corrected chi connectivity index (χ0v) is 18.1. The van der Waals surface area contributed by atoms with Crippen molar-refractivity contribution < 1.29 is 5.11 Å². The largest absolute Gasteiger partial charge is 0.508 e. The van der Waals surface area contributed by atoms with Crippen molar-refractivity contribution >= 4 is 28.3 Å². The van der Waals surface area contributed by atoms with E-state index in [4.69, 9.17) is 12.2 Å². The number of thiocarbonyl (C=S) groups is 1. The highest BCUT2D eigenvalue weighted by atomic mass is 32.2. The fourth-order valence-corrected chi connectivity index (χ4v) is 4.31. The number of hydrogen-bond donors (Lipinski definition) is 1. The predicted octanol–water partition coefficient (Wildman–Crippen LogP) is 5.85. The summed E-state index contributed by atoms with van der Waals surface area (Å²) in [7, 11) is 0. The zero-order valence-electron chi connectivity index (χ0n) is 16.5. The Morgan fingerprint density at radius 2 is 1.42 bits per heavy atom. The molecular weight excluding hydrogens is 334 g/mol. The van der Waals surface area contributed by atoms with Crippen LogP contribution in [0, 0.1) is 0 Å². The highest BCUT2D eigenvalue weighted by molar-refractivity contribution is 8.22. The molecule has 24 heavy (non-hydrogen) atoms. The summed E-state index contributed by atoms with van der Waals surface area (Å²) in [6.07, 6.45) is 0. The lowest BCUT2D eigenvalue weighted by atomic mass is 9.76. The maximum atomic E-state index is 10.2. The van der Waals surface area contributed by atoms with E-state index in [2.05, 4.69) is 60.3 Å². The van der Waals surface area contributed by atoms with E-state index in [0.29, 0.717) is 5.75 Å². The Morgan fingerprint density at radius 1 is 1.00 bits per heavy atom. The topological polar surface area (TPSA) is 23.5 Å². The first-order chi connectivity index (χ1) is 10.9. The number of thioether (sulfide) groups is 1. The first kappa shape index (κ1) is 21.3. The molecule has 0 aromatic heterocycles. The highest BCUT2D eigenvalue weighted by Gasteiger charge is 2.27. The average molecular weight is 368 g/mol. The van der Waals surface area contributed by atoms with Crippen molar-refractivity contribution in [2.45, 2.75) is 72.0 Å². The Balaban J connectivity index is 3.31. The molecule has 0 saturated heterocycles. The van der Waals surface area contributed by atoms with Crippen LogP contribution in [0.15, 0.2) is 12.1 Å². The Bertz CT molecular complexity index is 543. The molecule has 4 heteroatoms. The van der Waals surface area contributed by atoms with Crippen LogP contribution < -0.4 is 0 Å². The van der Waals surface area contributed by atoms with Gasteiger partial charge in [0.2, 0.25) is 0 Å². The van der Waals surface area contributed by atoms with Crippen LogP contribution >= 0.6 is 24.0 Å². The third-order valence-corrected chi connectivity index (χ3v) is 5.76. The minimum atomic E-state index is -0.0224. The van der Waals surface area contributed by atoms with Gasteiger partial charge in [-0.3, -0.25) is 0 Å². The van der Waals surface area contributed by atoms with Crippen molar-refractivity contribution in [1.29, 1.82) is 0 Å². The Labute approximate surface area is 158 Å². The van der Waals surface area contributed by atoms with Crippen molar-refractivity contribution in [1.82, 2.24) is 4.90 Å². The molecule has 0 aliphatic rings. The molecule has 0 unspecified atom stereocenters. The normalized spacial score (nSPS) is 12.3. The van der Waals surface area contributed by atoms with Crippen molar-refractivity contribution in [3.8, 4) is 5.75 Å². The number of rotatable bonds is 4. The molecule has 1 aromatic carbocycles. The van der Waals surface area contributed by atoms with Crippen LogP contribution in [-0.2, 0) is 16.6 Å². The highest BCUT2D eigenvalue weighted by Crippen LogP contribution is 2.39. The van der Waals surface area contributed by atoms with Gasteiger partial charge in [-0.2, -0.15) is 0 Å². The van der Waals surface area contributed by atoms with E-state index in [-0.39, 0.29) is 10.8 Å². The molecule has 0 aliphatic carbocycles. The molecule has 136 valence electrons. The lowest BCUT2D eigenvalue weighted by Crippen LogP contribution is -2.27. The summed E-state index contributed by atoms with van der Waals surface area (Å²) in [6, 6.07) is 3.84. The van der Waals surface area contributed by atoms with Gasteiger partial charge in [-0.1, -0.05) is 65.5 Å². The number of phenols is 1. The van der Waals surface area contributed by atoms with Crippen LogP contribution in [0.1, 0.15) is 72.1 Å². The first-order valence-electron chi connectivity index (χ1n) is 8.70. The molecule has 0 radical (unpaired) electrons. The van der Waals surface area contributed by atoms with Crippen LogP contribution in [-0.4, -0.2) is 27.4 Å². The minimum Gasteiger partial charge on any atom is -0.508 e. The molecule has 0 atom stereocenters. The fourth-order valence-electron chi connectivity index (χ4n) is 2.86. The van der Waals surface area contributed by atoms with Crippen LogP contribution in [0.25, 0.3) is 0 Å². The summed E-state index contributed by atoms with van der Waals surface area (Å²) in [6.45, 7) is 19.4. The van der Waals surface area contributed by atoms with Crippen LogP contribution in [0.2, 0.25) is 0 Å². The summed E-state index contributed by atoms with van der Waals surface area (Å²) >= 11 is 7.34. The van der Waals surface area contributed by atoms with Gasteiger partial charge in [0.05, 0.1) is 0 Å². The van der Waals surface area contributed by atoms with Crippen LogP contribution in [0.4, 0.5) is 0 Å². The van der Waals surface area contributed by atoms with E-state index in [1.807, 2.05) is 12.1 Å². The summed E-state index contributed by atoms with van der Waals surface area (Å²) in [5.41, 5.74) is 3.69. The number of benzene rings is 1. The lowest BCUT2D eigenvalue weighted by Gasteiger charge is -2.31. The van der Waals surface area contributed by atoms with E-state index in [0.717, 1.165) is 23.2 Å². The molecule has 0 heterocycles. The summed E-state index contributed by atoms with van der Waals surface area (Å²) in [5.74, 6) is 1.19. The molecule has 1 N–H and O–H groups in total. The van der Waals surface area contributed by atoms with Gasteiger partial charge < -0.3 is 10.0 Å². The third-order valence-electron chi connectivity index (χ3n) is 4.21. The second-order valence-corrected chi connectivity index (χ2v) is 9.86. The van der Waals surface area contributed by atoms with Gasteiger partial charge in [-0.05, 0) is 53.5 Å². The SMILES string of the molecule is CCN(CC)C(=S)SCc1c(C(C)(C)C)cc(O)cc1C(C)(C)C. The number of phenolic OH excluding ortho intramolecular Hbond substituents is 1. The zero-order chi connectivity index (χ0) is 18.7. The maximum absolute atomic E-state index is 10.2. The van der Waals surface area contributed by atoms with Gasteiger partial charge in [0.25, 0.3) is 0 Å². The average Bonchev–Trinajstić information content (AvgIpc) is 2.44. The Kier molecular flexibility index (Phi) is 7.18. The summed E-state index contributed by atoms with van der Waals surface area (Å²) in [4.78, 5) is 2.22. The van der Waals surface area contributed by atoms with Crippen molar-refractivity contribution in [3.63, 3.8) is 0 Å². The van der Waals surface area contributed by atoms with E-state index in [1.54, 1.807) is 11.8 Å². The minimum absolute atomic E-state index is 0.0224. The molecule has 0 bridgehead atoms. The Hall–Kier alpha value is -0.740. The molecule has 2 nitrogen and oxygen atoms in total. The molecule has 0 spiro atoms. The number of aromatic hydroxyl groups is 1. The second-order valence-electron chi connectivity index (χ2n) is 8.25. The smallest absolute Gasteiger partial charge is 0.136 e. The number of nitrogens with zero attached hydrogens (tertiary/aromatic N) is 1. The van der Waals surface area contributed by atoms with Crippen molar-refractivity contribution in [3.05, 3.63) is 28.8 Å². The van der Waals surface area contributed by atoms with Crippen LogP contribution in [0.5, 0.6) is 5.75 Å². The van der Waals surface area contributed by atoms with E-state index < -0.39 is 0 Å². The van der Waals surface area contributed by atoms with Gasteiger partial charge in [-0.25, -0.2) is 0 Å². The quantitative estimate of drug-likeness (QED) is 0.675. The summed E-state index contributed by atoms with van der Waals surface area (Å²) in [5, 5.41) is 10.2. The van der Waals surface area contributed by atoms with Gasteiger partial charge >= 0.3 is 0 Å². The van der Waals surface area contributed by atoms with E-state index >= 15 is 0 Å². The lowest BCUT2D eigenvalue weighted by molar-refractivity contribution is 0.464. The second kappa shape index (κ2) is 8.09. The molecule has 1 rings (SSSR count). The van der Waals surface area contributed by atoms with Gasteiger partial charge in [0, 0.05) is 18.8 Å². The summed E-state index contributed by atoms with van der Waals surface area (Å²) < 4.78 is 0.952. The predicted molar refractivity (Wildman–Crippen MR) is 112 cm³/mol. The Morgan fingerprint density at radius 3 is 1.75 bits per heavy atom. The monoisotopic (exact) mass is 367 g/mol. The fraction of sp³-hybridized carbons (Fsp3) is 0.650. The van der Waals surface area contributed by atoms with E-state index in [1.165, 1.54) is 16.7 Å². The van der Waals surface area contributed by atoms with Crippen molar-refractivity contribution in [2.75, 3.05) is 13.1 Å². The maximum Gasteiger partial charge on any atom is 0.136 e. The number of hydrogen-bond acceptors (Lipinski definition) is 3. The molecule has 0 aliphatic heterocycles. The first-order valence-corrected chi connectivity index (χ1v) is 10.1. The molecule has 1 aromatic rings. The standard InChI is InChI=1S/C20H33NOS2/c1-9-21(10-2)18(23)24-13-15-16(19(3,4)5)11-14(22)12-17(15)20(6,7)8/h11-12,22H,9-10,13H2,1-8H3. The molecule has 0 fully saturated rings. The van der Waals surface area contributed by atoms with Crippen molar-refractivity contribution in [2.24, 2.45) is 0 Å². The molecule has 0 amide bonds. The van der Waals surface area contributed by atoms with Crippen LogP contribution in [0.3, 0.4) is 0 Å². The van der Waals surface area contributed by atoms with E-state index in [9.17, 15) is 5.11 Å².